The SMILES string of the molecule is CCOC(N)=CC=Nc1ccccc1C. The van der Waals surface area contributed by atoms with E-state index in [2.05, 4.69) is 4.99 Å². The largest absolute Gasteiger partial charge is 0.480 e. The number of rotatable bonds is 4. The van der Waals surface area contributed by atoms with Crippen molar-refractivity contribution < 1.29 is 4.74 Å². The van der Waals surface area contributed by atoms with Gasteiger partial charge in [0.2, 0.25) is 0 Å². The van der Waals surface area contributed by atoms with Crippen molar-refractivity contribution in [2.24, 2.45) is 10.7 Å². The maximum absolute atomic E-state index is 5.53. The van der Waals surface area contributed by atoms with Crippen LogP contribution in [0.5, 0.6) is 0 Å². The van der Waals surface area contributed by atoms with Crippen molar-refractivity contribution in [1.82, 2.24) is 0 Å². The molecule has 0 radical (unpaired) electrons. The number of hydrogen-bond acceptors (Lipinski definition) is 3. The highest BCUT2D eigenvalue weighted by Gasteiger charge is 1.91. The van der Waals surface area contributed by atoms with Crippen LogP contribution in [-0.4, -0.2) is 12.8 Å². The molecule has 0 aliphatic heterocycles. The fourth-order valence-electron chi connectivity index (χ4n) is 1.11. The van der Waals surface area contributed by atoms with Gasteiger partial charge in [-0.05, 0) is 25.5 Å². The summed E-state index contributed by atoms with van der Waals surface area (Å²) in [5.41, 5.74) is 7.61. The molecule has 0 saturated carbocycles. The van der Waals surface area contributed by atoms with Gasteiger partial charge in [-0.2, -0.15) is 0 Å². The third-order valence-electron chi connectivity index (χ3n) is 1.88. The third-order valence-corrected chi connectivity index (χ3v) is 1.88. The lowest BCUT2D eigenvalue weighted by Crippen LogP contribution is -2.02. The number of nitrogens with two attached hydrogens (primary N) is 1. The van der Waals surface area contributed by atoms with Crippen molar-refractivity contribution in [2.75, 3.05) is 6.61 Å². The third kappa shape index (κ3) is 3.85. The molecule has 0 aliphatic carbocycles. The lowest BCUT2D eigenvalue weighted by atomic mass is 10.2. The van der Waals surface area contributed by atoms with E-state index < -0.39 is 0 Å². The summed E-state index contributed by atoms with van der Waals surface area (Å²) in [6, 6.07) is 7.91. The average Bonchev–Trinajstić information content (AvgIpc) is 2.21. The van der Waals surface area contributed by atoms with Crippen LogP contribution in [-0.2, 0) is 4.74 Å². The summed E-state index contributed by atoms with van der Waals surface area (Å²) in [5.74, 6) is 0.384. The standard InChI is InChI=1S/C12H16N2O/c1-3-15-12(13)8-9-14-11-7-5-4-6-10(11)2/h4-9H,3,13H2,1-2H3. The Morgan fingerprint density at radius 1 is 1.47 bits per heavy atom. The second-order valence-corrected chi connectivity index (χ2v) is 3.07. The monoisotopic (exact) mass is 204 g/mol. The van der Waals surface area contributed by atoms with E-state index >= 15 is 0 Å². The highest BCUT2D eigenvalue weighted by atomic mass is 16.5. The number of allylic oxidation sites excluding steroid dienone is 1. The first kappa shape index (κ1) is 11.3. The van der Waals surface area contributed by atoms with Gasteiger partial charge in [0.15, 0.2) is 5.88 Å². The molecule has 0 fully saturated rings. The summed E-state index contributed by atoms with van der Waals surface area (Å²) in [5, 5.41) is 0. The molecular weight excluding hydrogens is 188 g/mol. The van der Waals surface area contributed by atoms with Crippen LogP contribution in [0.3, 0.4) is 0 Å². The van der Waals surface area contributed by atoms with Gasteiger partial charge in [0.1, 0.15) is 0 Å². The van der Waals surface area contributed by atoms with Crippen LogP contribution in [0.25, 0.3) is 0 Å². The Hall–Kier alpha value is -1.77. The normalized spacial score (nSPS) is 12.0. The number of aliphatic imine (C=N–C) groups is 1. The minimum atomic E-state index is 0.384. The van der Waals surface area contributed by atoms with Crippen LogP contribution in [0.1, 0.15) is 12.5 Å². The van der Waals surface area contributed by atoms with Crippen molar-refractivity contribution >= 4 is 11.9 Å². The molecule has 1 aromatic rings. The van der Waals surface area contributed by atoms with E-state index in [4.69, 9.17) is 10.5 Å². The van der Waals surface area contributed by atoms with Gasteiger partial charge >= 0.3 is 0 Å². The minimum absolute atomic E-state index is 0.384. The maximum atomic E-state index is 5.53. The van der Waals surface area contributed by atoms with Crippen LogP contribution in [0.15, 0.2) is 41.2 Å². The van der Waals surface area contributed by atoms with Gasteiger partial charge in [0.05, 0.1) is 12.3 Å². The average molecular weight is 204 g/mol. The zero-order valence-corrected chi connectivity index (χ0v) is 9.10. The predicted octanol–water partition coefficient (Wildman–Crippen LogP) is 2.53. The molecular formula is C12H16N2O. The highest BCUT2D eigenvalue weighted by molar-refractivity contribution is 5.75. The van der Waals surface area contributed by atoms with Gasteiger partial charge in [-0.3, -0.25) is 4.99 Å². The molecule has 2 N–H and O–H groups in total. The van der Waals surface area contributed by atoms with Gasteiger partial charge in [-0.25, -0.2) is 0 Å². The van der Waals surface area contributed by atoms with Crippen LogP contribution in [0, 0.1) is 6.92 Å². The number of nitrogens with zero attached hydrogens (tertiary/aromatic N) is 1. The van der Waals surface area contributed by atoms with E-state index in [0.29, 0.717) is 12.5 Å². The number of para-hydroxylation sites is 1. The first-order chi connectivity index (χ1) is 7.24. The second-order valence-electron chi connectivity index (χ2n) is 3.07. The summed E-state index contributed by atoms with van der Waals surface area (Å²) in [6.07, 6.45) is 3.29. The fourth-order valence-corrected chi connectivity index (χ4v) is 1.11. The molecule has 0 atom stereocenters. The van der Waals surface area contributed by atoms with E-state index in [1.165, 1.54) is 0 Å². The molecule has 0 aliphatic rings. The van der Waals surface area contributed by atoms with Crippen LogP contribution < -0.4 is 5.73 Å². The van der Waals surface area contributed by atoms with Crippen molar-refractivity contribution in [3.63, 3.8) is 0 Å². The van der Waals surface area contributed by atoms with Crippen molar-refractivity contribution in [2.45, 2.75) is 13.8 Å². The van der Waals surface area contributed by atoms with E-state index in [1.807, 2.05) is 38.1 Å². The van der Waals surface area contributed by atoms with Crippen molar-refractivity contribution in [3.8, 4) is 0 Å². The molecule has 0 heterocycles. The van der Waals surface area contributed by atoms with Gasteiger partial charge in [0, 0.05) is 12.3 Å². The molecule has 0 saturated heterocycles. The fraction of sp³-hybridized carbons (Fsp3) is 0.250. The lowest BCUT2D eigenvalue weighted by Gasteiger charge is -1.99. The zero-order chi connectivity index (χ0) is 11.1. The topological polar surface area (TPSA) is 47.6 Å². The Bertz CT molecular complexity index is 370. The van der Waals surface area contributed by atoms with Gasteiger partial charge in [-0.15, -0.1) is 0 Å². The van der Waals surface area contributed by atoms with Gasteiger partial charge in [0.25, 0.3) is 0 Å². The maximum Gasteiger partial charge on any atom is 0.185 e. The molecule has 1 aromatic carbocycles. The van der Waals surface area contributed by atoms with Crippen molar-refractivity contribution in [1.29, 1.82) is 0 Å². The van der Waals surface area contributed by atoms with Crippen molar-refractivity contribution in [3.05, 3.63) is 41.8 Å². The summed E-state index contributed by atoms with van der Waals surface area (Å²) in [4.78, 5) is 4.27. The summed E-state index contributed by atoms with van der Waals surface area (Å²) >= 11 is 0. The van der Waals surface area contributed by atoms with Crippen LogP contribution >= 0.6 is 0 Å². The van der Waals surface area contributed by atoms with Crippen LogP contribution in [0.2, 0.25) is 0 Å². The summed E-state index contributed by atoms with van der Waals surface area (Å²) < 4.78 is 5.06. The molecule has 0 spiro atoms. The Morgan fingerprint density at radius 2 is 2.20 bits per heavy atom. The Kier molecular flexibility index (Phi) is 4.41. The number of benzene rings is 1. The Morgan fingerprint density at radius 3 is 2.87 bits per heavy atom. The molecule has 3 heteroatoms. The van der Waals surface area contributed by atoms with Crippen LogP contribution in [0.4, 0.5) is 5.69 Å². The molecule has 0 unspecified atom stereocenters. The second kappa shape index (κ2) is 5.86. The zero-order valence-electron chi connectivity index (χ0n) is 9.10. The first-order valence-electron chi connectivity index (χ1n) is 4.92. The molecule has 80 valence electrons. The quantitative estimate of drug-likeness (QED) is 0.605. The predicted molar refractivity (Wildman–Crippen MR) is 63.2 cm³/mol. The molecule has 1 rings (SSSR count). The molecule has 3 nitrogen and oxygen atoms in total. The molecule has 0 bridgehead atoms. The van der Waals surface area contributed by atoms with E-state index in [-0.39, 0.29) is 0 Å². The number of aryl methyl sites for hydroxylation is 1. The molecule has 15 heavy (non-hydrogen) atoms. The van der Waals surface area contributed by atoms with E-state index in [1.54, 1.807) is 12.3 Å². The Labute approximate surface area is 90.3 Å². The lowest BCUT2D eigenvalue weighted by molar-refractivity contribution is 0.227. The Balaban J connectivity index is 2.66. The van der Waals surface area contributed by atoms with Gasteiger partial charge < -0.3 is 10.5 Å². The van der Waals surface area contributed by atoms with Gasteiger partial charge in [-0.1, -0.05) is 18.2 Å². The van der Waals surface area contributed by atoms with E-state index in [0.717, 1.165) is 11.3 Å². The minimum Gasteiger partial charge on any atom is -0.480 e. The molecule has 0 amide bonds. The van der Waals surface area contributed by atoms with E-state index in [9.17, 15) is 0 Å². The highest BCUT2D eigenvalue weighted by Crippen LogP contribution is 2.16. The smallest absolute Gasteiger partial charge is 0.185 e. The summed E-state index contributed by atoms with van der Waals surface area (Å²) in [6.45, 7) is 4.47. The first-order valence-corrected chi connectivity index (χ1v) is 4.92. The number of ether oxygens (including phenoxy) is 1. The molecule has 0 aromatic heterocycles. The summed E-state index contributed by atoms with van der Waals surface area (Å²) in [7, 11) is 0. The number of hydrogen-bond donors (Lipinski definition) is 1.